The predicted octanol–water partition coefficient (Wildman–Crippen LogP) is 4.35. The van der Waals surface area contributed by atoms with E-state index in [0.29, 0.717) is 11.3 Å². The molecule has 3 aromatic carbocycles. The Morgan fingerprint density at radius 2 is 1.43 bits per heavy atom. The molecule has 5 nitrogen and oxygen atoms in total. The number of rotatable bonds is 9. The monoisotopic (exact) mass is 402 g/mol. The SMILES string of the molecule is CC(CCc1ccccc1)NC(=O)CNC(=O)c1ccc(Oc2ccccc2)cc1. The van der Waals surface area contributed by atoms with Crippen molar-refractivity contribution in [2.45, 2.75) is 25.8 Å². The fourth-order valence-electron chi connectivity index (χ4n) is 2.99. The molecule has 0 aliphatic heterocycles. The summed E-state index contributed by atoms with van der Waals surface area (Å²) in [7, 11) is 0. The Balaban J connectivity index is 1.40. The number of ether oxygens (including phenoxy) is 1. The van der Waals surface area contributed by atoms with Crippen molar-refractivity contribution < 1.29 is 14.3 Å². The van der Waals surface area contributed by atoms with E-state index in [9.17, 15) is 9.59 Å². The van der Waals surface area contributed by atoms with Gasteiger partial charge >= 0.3 is 0 Å². The van der Waals surface area contributed by atoms with Gasteiger partial charge in [0.05, 0.1) is 6.54 Å². The summed E-state index contributed by atoms with van der Waals surface area (Å²) in [5.74, 6) is 0.872. The quantitative estimate of drug-likeness (QED) is 0.559. The second-order valence-electron chi connectivity index (χ2n) is 7.12. The molecule has 0 aromatic heterocycles. The van der Waals surface area contributed by atoms with Crippen LogP contribution in [-0.4, -0.2) is 24.4 Å². The number of carbonyl (C=O) groups is 2. The third-order valence-corrected chi connectivity index (χ3v) is 4.62. The largest absolute Gasteiger partial charge is 0.457 e. The average Bonchev–Trinajstić information content (AvgIpc) is 2.78. The maximum absolute atomic E-state index is 12.3. The lowest BCUT2D eigenvalue weighted by atomic mass is 10.1. The van der Waals surface area contributed by atoms with Gasteiger partial charge < -0.3 is 15.4 Å². The normalized spacial score (nSPS) is 11.4. The van der Waals surface area contributed by atoms with Gasteiger partial charge in [-0.05, 0) is 61.7 Å². The number of carbonyl (C=O) groups excluding carboxylic acids is 2. The Hall–Kier alpha value is -3.60. The van der Waals surface area contributed by atoms with E-state index in [1.165, 1.54) is 5.56 Å². The summed E-state index contributed by atoms with van der Waals surface area (Å²) in [6.07, 6.45) is 1.73. The van der Waals surface area contributed by atoms with Gasteiger partial charge in [-0.1, -0.05) is 48.5 Å². The Morgan fingerprint density at radius 1 is 0.833 bits per heavy atom. The molecule has 0 spiro atoms. The Kier molecular flexibility index (Phi) is 7.61. The van der Waals surface area contributed by atoms with Gasteiger partial charge in [-0.15, -0.1) is 0 Å². The lowest BCUT2D eigenvalue weighted by molar-refractivity contribution is -0.120. The molecule has 0 saturated carbocycles. The van der Waals surface area contributed by atoms with Crippen LogP contribution in [0.3, 0.4) is 0 Å². The number of aryl methyl sites for hydroxylation is 1. The number of hydrogen-bond donors (Lipinski definition) is 2. The topological polar surface area (TPSA) is 67.4 Å². The zero-order chi connectivity index (χ0) is 21.2. The van der Waals surface area contributed by atoms with E-state index < -0.39 is 0 Å². The number of amides is 2. The first kappa shape index (κ1) is 21.1. The fraction of sp³-hybridized carbons (Fsp3) is 0.200. The average molecular weight is 402 g/mol. The van der Waals surface area contributed by atoms with Gasteiger partial charge in [-0.25, -0.2) is 0 Å². The molecular formula is C25H26N2O3. The molecule has 3 rings (SSSR count). The van der Waals surface area contributed by atoms with Crippen LogP contribution in [-0.2, 0) is 11.2 Å². The number of para-hydroxylation sites is 1. The summed E-state index contributed by atoms with van der Waals surface area (Å²) >= 11 is 0. The highest BCUT2D eigenvalue weighted by Gasteiger charge is 2.11. The zero-order valence-corrected chi connectivity index (χ0v) is 17.0. The van der Waals surface area contributed by atoms with E-state index in [0.717, 1.165) is 18.6 Å². The Labute approximate surface area is 177 Å². The minimum atomic E-state index is -0.298. The maximum atomic E-state index is 12.3. The third-order valence-electron chi connectivity index (χ3n) is 4.62. The maximum Gasteiger partial charge on any atom is 0.251 e. The van der Waals surface area contributed by atoms with Crippen molar-refractivity contribution in [3.63, 3.8) is 0 Å². The molecule has 1 unspecified atom stereocenters. The number of benzene rings is 3. The van der Waals surface area contributed by atoms with E-state index in [1.54, 1.807) is 24.3 Å². The highest BCUT2D eigenvalue weighted by Crippen LogP contribution is 2.21. The highest BCUT2D eigenvalue weighted by atomic mass is 16.5. The van der Waals surface area contributed by atoms with Crippen LogP contribution in [0.2, 0.25) is 0 Å². The van der Waals surface area contributed by atoms with Gasteiger partial charge in [0.25, 0.3) is 5.91 Å². The predicted molar refractivity (Wildman–Crippen MR) is 118 cm³/mol. The lowest BCUT2D eigenvalue weighted by Gasteiger charge is -2.14. The van der Waals surface area contributed by atoms with Crippen molar-refractivity contribution in [1.82, 2.24) is 10.6 Å². The van der Waals surface area contributed by atoms with E-state index >= 15 is 0 Å². The van der Waals surface area contributed by atoms with Gasteiger partial charge in [-0.3, -0.25) is 9.59 Å². The van der Waals surface area contributed by atoms with E-state index in [4.69, 9.17) is 4.74 Å². The summed E-state index contributed by atoms with van der Waals surface area (Å²) in [5.41, 5.74) is 1.71. The molecule has 2 amide bonds. The van der Waals surface area contributed by atoms with Crippen molar-refractivity contribution in [2.24, 2.45) is 0 Å². The molecule has 154 valence electrons. The van der Waals surface area contributed by atoms with Crippen LogP contribution in [0.5, 0.6) is 11.5 Å². The summed E-state index contributed by atoms with van der Waals surface area (Å²) in [5, 5.41) is 5.57. The van der Waals surface area contributed by atoms with Crippen LogP contribution < -0.4 is 15.4 Å². The summed E-state index contributed by atoms with van der Waals surface area (Å²) < 4.78 is 5.71. The van der Waals surface area contributed by atoms with Crippen LogP contribution in [0.25, 0.3) is 0 Å². The van der Waals surface area contributed by atoms with Crippen molar-refractivity contribution >= 4 is 11.8 Å². The van der Waals surface area contributed by atoms with Gasteiger partial charge in [0, 0.05) is 11.6 Å². The van der Waals surface area contributed by atoms with Crippen LogP contribution in [0, 0.1) is 0 Å². The first-order chi connectivity index (χ1) is 14.6. The molecule has 1 atom stereocenters. The fourth-order valence-corrected chi connectivity index (χ4v) is 2.99. The van der Waals surface area contributed by atoms with Crippen LogP contribution in [0.15, 0.2) is 84.9 Å². The molecule has 0 saturated heterocycles. The van der Waals surface area contributed by atoms with Crippen molar-refractivity contribution in [2.75, 3.05) is 6.54 Å². The van der Waals surface area contributed by atoms with E-state index in [1.807, 2.05) is 55.5 Å². The molecule has 3 aromatic rings. The Bertz CT molecular complexity index is 941. The molecule has 0 radical (unpaired) electrons. The molecule has 0 fully saturated rings. The van der Waals surface area contributed by atoms with Gasteiger partial charge in [0.1, 0.15) is 11.5 Å². The summed E-state index contributed by atoms with van der Waals surface area (Å²) in [4.78, 5) is 24.4. The molecule has 0 aliphatic rings. The minimum absolute atomic E-state index is 0.0315. The number of hydrogen-bond acceptors (Lipinski definition) is 3. The smallest absolute Gasteiger partial charge is 0.251 e. The Morgan fingerprint density at radius 3 is 2.10 bits per heavy atom. The third kappa shape index (κ3) is 6.78. The molecule has 30 heavy (non-hydrogen) atoms. The lowest BCUT2D eigenvalue weighted by Crippen LogP contribution is -2.41. The highest BCUT2D eigenvalue weighted by molar-refractivity contribution is 5.96. The van der Waals surface area contributed by atoms with E-state index in [-0.39, 0.29) is 24.4 Å². The van der Waals surface area contributed by atoms with Crippen LogP contribution in [0.1, 0.15) is 29.3 Å². The second kappa shape index (κ2) is 10.8. The van der Waals surface area contributed by atoms with Gasteiger partial charge in [-0.2, -0.15) is 0 Å². The second-order valence-corrected chi connectivity index (χ2v) is 7.12. The van der Waals surface area contributed by atoms with Gasteiger partial charge in [0.2, 0.25) is 5.91 Å². The molecule has 5 heteroatoms. The zero-order valence-electron chi connectivity index (χ0n) is 17.0. The van der Waals surface area contributed by atoms with Gasteiger partial charge in [0.15, 0.2) is 0 Å². The summed E-state index contributed by atoms with van der Waals surface area (Å²) in [6, 6.07) is 26.4. The van der Waals surface area contributed by atoms with Crippen LogP contribution in [0.4, 0.5) is 0 Å². The summed E-state index contributed by atoms with van der Waals surface area (Å²) in [6.45, 7) is 1.91. The molecule has 0 aliphatic carbocycles. The molecule has 2 N–H and O–H groups in total. The number of nitrogens with one attached hydrogen (secondary N) is 2. The van der Waals surface area contributed by atoms with Crippen LogP contribution >= 0.6 is 0 Å². The van der Waals surface area contributed by atoms with E-state index in [2.05, 4.69) is 22.8 Å². The van der Waals surface area contributed by atoms with Crippen molar-refractivity contribution in [3.05, 3.63) is 96.1 Å². The first-order valence-corrected chi connectivity index (χ1v) is 10.0. The molecule has 0 bridgehead atoms. The minimum Gasteiger partial charge on any atom is -0.457 e. The molecule has 0 heterocycles. The standard InChI is InChI=1S/C25H26N2O3/c1-19(12-13-20-8-4-2-5-9-20)27-24(28)18-26-25(29)21-14-16-23(17-15-21)30-22-10-6-3-7-11-22/h2-11,14-17,19H,12-13,18H2,1H3,(H,26,29)(H,27,28). The first-order valence-electron chi connectivity index (χ1n) is 10.0. The molecular weight excluding hydrogens is 376 g/mol. The van der Waals surface area contributed by atoms with Crippen molar-refractivity contribution in [1.29, 1.82) is 0 Å². The van der Waals surface area contributed by atoms with Crippen molar-refractivity contribution in [3.8, 4) is 11.5 Å².